The summed E-state index contributed by atoms with van der Waals surface area (Å²) in [6.45, 7) is 1.41. The van der Waals surface area contributed by atoms with E-state index < -0.39 is 5.97 Å². The first-order valence-electron chi connectivity index (χ1n) is 5.98. The average molecular weight is 316 g/mol. The Bertz CT molecular complexity index is 453. The van der Waals surface area contributed by atoms with Gasteiger partial charge in [0.15, 0.2) is 0 Å². The summed E-state index contributed by atoms with van der Waals surface area (Å²) >= 11 is 3.14. The zero-order chi connectivity index (χ0) is 13.1. The van der Waals surface area contributed by atoms with Crippen molar-refractivity contribution in [3.8, 4) is 0 Å². The highest BCUT2D eigenvalue weighted by Gasteiger charge is 2.26. The number of rotatable bonds is 4. The minimum absolute atomic E-state index is 0.134. The number of hydrogen-bond donors (Lipinski definition) is 1. The van der Waals surface area contributed by atoms with Gasteiger partial charge in [0.1, 0.15) is 5.82 Å². The smallest absolute Gasteiger partial charge is 0.304 e. The van der Waals surface area contributed by atoms with Crippen LogP contribution in [0.4, 0.5) is 4.39 Å². The standard InChI is InChI=1S/C13H15BrFNO2/c14-10-4-3-9(8-11(10)15)12-2-1-6-16(12)7-5-13(17)18/h3-4,8,12H,1-2,5-7H2,(H,17,18). The molecule has 1 N–H and O–H groups in total. The van der Waals surface area contributed by atoms with Crippen LogP contribution in [0.3, 0.4) is 0 Å². The summed E-state index contributed by atoms with van der Waals surface area (Å²) in [7, 11) is 0. The summed E-state index contributed by atoms with van der Waals surface area (Å²) in [4.78, 5) is 12.7. The van der Waals surface area contributed by atoms with Crippen molar-refractivity contribution < 1.29 is 14.3 Å². The summed E-state index contributed by atoms with van der Waals surface area (Å²) in [6.07, 6.45) is 2.12. The topological polar surface area (TPSA) is 40.5 Å². The van der Waals surface area contributed by atoms with Gasteiger partial charge in [-0.05, 0) is 53.0 Å². The molecule has 2 rings (SSSR count). The van der Waals surface area contributed by atoms with Crippen LogP contribution in [0.5, 0.6) is 0 Å². The molecule has 98 valence electrons. The Balaban J connectivity index is 2.10. The molecule has 18 heavy (non-hydrogen) atoms. The molecule has 3 nitrogen and oxygen atoms in total. The van der Waals surface area contributed by atoms with Gasteiger partial charge in [-0.1, -0.05) is 6.07 Å². The molecule has 1 unspecified atom stereocenters. The number of hydrogen-bond acceptors (Lipinski definition) is 2. The second-order valence-electron chi connectivity index (χ2n) is 4.51. The normalized spacial score (nSPS) is 20.2. The van der Waals surface area contributed by atoms with Crippen LogP contribution in [0.1, 0.15) is 30.9 Å². The molecule has 1 aliphatic rings. The molecule has 1 saturated heterocycles. The van der Waals surface area contributed by atoms with E-state index in [9.17, 15) is 9.18 Å². The van der Waals surface area contributed by atoms with Crippen LogP contribution in [0, 0.1) is 5.82 Å². The Labute approximate surface area is 114 Å². The van der Waals surface area contributed by atoms with Gasteiger partial charge in [-0.2, -0.15) is 0 Å². The molecule has 1 fully saturated rings. The highest BCUT2D eigenvalue weighted by atomic mass is 79.9. The Hall–Kier alpha value is -0.940. The molecular formula is C13H15BrFNO2. The van der Waals surface area contributed by atoms with E-state index in [1.165, 1.54) is 6.07 Å². The van der Waals surface area contributed by atoms with Gasteiger partial charge in [-0.3, -0.25) is 9.69 Å². The zero-order valence-electron chi connectivity index (χ0n) is 9.90. The van der Waals surface area contributed by atoms with Crippen molar-refractivity contribution in [1.82, 2.24) is 4.90 Å². The molecule has 0 aliphatic carbocycles. The predicted octanol–water partition coefficient (Wildman–Crippen LogP) is 3.20. The van der Waals surface area contributed by atoms with Gasteiger partial charge < -0.3 is 5.11 Å². The highest BCUT2D eigenvalue weighted by Crippen LogP contribution is 2.33. The van der Waals surface area contributed by atoms with E-state index in [1.54, 1.807) is 6.07 Å². The lowest BCUT2D eigenvalue weighted by molar-refractivity contribution is -0.137. The van der Waals surface area contributed by atoms with Crippen LogP contribution < -0.4 is 0 Å². The Morgan fingerprint density at radius 2 is 2.33 bits per heavy atom. The number of nitrogens with zero attached hydrogens (tertiary/aromatic N) is 1. The Morgan fingerprint density at radius 1 is 1.56 bits per heavy atom. The Kier molecular flexibility index (Phi) is 4.35. The summed E-state index contributed by atoms with van der Waals surface area (Å²) in [5.41, 5.74) is 0.929. The van der Waals surface area contributed by atoms with Crippen molar-refractivity contribution in [3.63, 3.8) is 0 Å². The van der Waals surface area contributed by atoms with Gasteiger partial charge in [0.25, 0.3) is 0 Å². The molecule has 0 bridgehead atoms. The third-order valence-corrected chi connectivity index (χ3v) is 3.95. The number of carboxylic acids is 1. The van der Waals surface area contributed by atoms with Crippen molar-refractivity contribution in [2.75, 3.05) is 13.1 Å². The maximum absolute atomic E-state index is 13.5. The van der Waals surface area contributed by atoms with Gasteiger partial charge in [0.2, 0.25) is 0 Å². The number of halogens is 2. The minimum atomic E-state index is -0.789. The van der Waals surface area contributed by atoms with Crippen LogP contribution in [0.15, 0.2) is 22.7 Å². The van der Waals surface area contributed by atoms with Gasteiger partial charge in [-0.25, -0.2) is 4.39 Å². The summed E-state index contributed by atoms with van der Waals surface area (Å²) < 4.78 is 14.0. The first-order valence-corrected chi connectivity index (χ1v) is 6.78. The molecule has 0 amide bonds. The zero-order valence-corrected chi connectivity index (χ0v) is 11.5. The quantitative estimate of drug-likeness (QED) is 0.927. The third kappa shape index (κ3) is 3.09. The van der Waals surface area contributed by atoms with E-state index in [2.05, 4.69) is 20.8 Å². The fourth-order valence-corrected chi connectivity index (χ4v) is 2.68. The molecule has 0 saturated carbocycles. The maximum atomic E-state index is 13.5. The number of likely N-dealkylation sites (tertiary alicyclic amines) is 1. The lowest BCUT2D eigenvalue weighted by Crippen LogP contribution is -2.26. The molecular weight excluding hydrogens is 301 g/mol. The van der Waals surface area contributed by atoms with Crippen molar-refractivity contribution in [2.45, 2.75) is 25.3 Å². The van der Waals surface area contributed by atoms with Crippen LogP contribution in [0.25, 0.3) is 0 Å². The van der Waals surface area contributed by atoms with Crippen LogP contribution in [0.2, 0.25) is 0 Å². The largest absolute Gasteiger partial charge is 0.481 e. The second-order valence-corrected chi connectivity index (χ2v) is 5.37. The lowest BCUT2D eigenvalue weighted by Gasteiger charge is -2.24. The van der Waals surface area contributed by atoms with Crippen molar-refractivity contribution >= 4 is 21.9 Å². The average Bonchev–Trinajstić information content (AvgIpc) is 2.78. The maximum Gasteiger partial charge on any atom is 0.304 e. The SMILES string of the molecule is O=C(O)CCN1CCCC1c1ccc(Br)c(F)c1. The minimum Gasteiger partial charge on any atom is -0.481 e. The van der Waals surface area contributed by atoms with E-state index in [0.29, 0.717) is 11.0 Å². The molecule has 0 spiro atoms. The van der Waals surface area contributed by atoms with Crippen LogP contribution >= 0.6 is 15.9 Å². The van der Waals surface area contributed by atoms with Crippen molar-refractivity contribution in [1.29, 1.82) is 0 Å². The molecule has 1 heterocycles. The second kappa shape index (κ2) is 5.80. The monoisotopic (exact) mass is 315 g/mol. The van der Waals surface area contributed by atoms with Crippen LogP contribution in [-0.4, -0.2) is 29.1 Å². The molecule has 1 aliphatic heterocycles. The molecule has 1 atom stereocenters. The fourth-order valence-electron chi connectivity index (χ4n) is 2.43. The van der Waals surface area contributed by atoms with E-state index in [0.717, 1.165) is 24.9 Å². The highest BCUT2D eigenvalue weighted by molar-refractivity contribution is 9.10. The fraction of sp³-hybridized carbons (Fsp3) is 0.462. The lowest BCUT2D eigenvalue weighted by atomic mass is 10.0. The summed E-state index contributed by atoms with van der Waals surface area (Å²) in [6, 6.07) is 5.29. The molecule has 1 aromatic carbocycles. The van der Waals surface area contributed by atoms with Crippen molar-refractivity contribution in [3.05, 3.63) is 34.1 Å². The number of aliphatic carboxylic acids is 1. The summed E-state index contributed by atoms with van der Waals surface area (Å²) in [5.74, 6) is -1.06. The number of carbonyl (C=O) groups is 1. The number of carboxylic acid groups (broad SMARTS) is 1. The Morgan fingerprint density at radius 3 is 3.00 bits per heavy atom. The van der Waals surface area contributed by atoms with E-state index >= 15 is 0 Å². The van der Waals surface area contributed by atoms with E-state index in [1.807, 2.05) is 6.07 Å². The van der Waals surface area contributed by atoms with Gasteiger partial charge in [-0.15, -0.1) is 0 Å². The van der Waals surface area contributed by atoms with Gasteiger partial charge in [0, 0.05) is 12.6 Å². The van der Waals surface area contributed by atoms with E-state index in [4.69, 9.17) is 5.11 Å². The first kappa shape index (κ1) is 13.5. The van der Waals surface area contributed by atoms with Gasteiger partial charge in [0.05, 0.1) is 10.9 Å². The summed E-state index contributed by atoms with van der Waals surface area (Å²) in [5, 5.41) is 8.72. The first-order chi connectivity index (χ1) is 8.58. The molecule has 5 heteroatoms. The molecule has 1 aromatic rings. The molecule has 0 radical (unpaired) electrons. The molecule has 0 aromatic heterocycles. The van der Waals surface area contributed by atoms with E-state index in [-0.39, 0.29) is 18.3 Å². The van der Waals surface area contributed by atoms with Crippen LogP contribution in [-0.2, 0) is 4.79 Å². The van der Waals surface area contributed by atoms with Gasteiger partial charge >= 0.3 is 5.97 Å². The predicted molar refractivity (Wildman–Crippen MR) is 69.9 cm³/mol. The number of benzene rings is 1. The third-order valence-electron chi connectivity index (χ3n) is 3.30. The van der Waals surface area contributed by atoms with Crippen molar-refractivity contribution in [2.24, 2.45) is 0 Å².